The van der Waals surface area contributed by atoms with Gasteiger partial charge in [0.05, 0.1) is 12.1 Å². The summed E-state index contributed by atoms with van der Waals surface area (Å²) < 4.78 is 7.78. The minimum Gasteiger partial charge on any atom is -0.491 e. The minimum atomic E-state index is -0.897. The van der Waals surface area contributed by atoms with Crippen LogP contribution in [0, 0.1) is 6.92 Å². The van der Waals surface area contributed by atoms with Crippen molar-refractivity contribution in [1.82, 2.24) is 4.57 Å². The number of benzene rings is 2. The second-order valence-corrected chi connectivity index (χ2v) is 5.14. The van der Waals surface area contributed by atoms with Crippen molar-refractivity contribution in [3.05, 3.63) is 66.0 Å². The molecule has 2 aromatic carbocycles. The molecule has 4 nitrogen and oxygen atoms in total. The summed E-state index contributed by atoms with van der Waals surface area (Å²) in [5.41, 5.74) is 1.08. The van der Waals surface area contributed by atoms with E-state index in [2.05, 4.69) is 12.1 Å². The average Bonchev–Trinajstić information content (AvgIpc) is 2.89. The van der Waals surface area contributed by atoms with Crippen molar-refractivity contribution in [3.8, 4) is 5.75 Å². The molecule has 0 aliphatic carbocycles. The Labute approximate surface area is 128 Å². The molecule has 1 aromatic heterocycles. The van der Waals surface area contributed by atoms with Gasteiger partial charge in [-0.3, -0.25) is 0 Å². The molecular weight excluding hydrogens is 278 g/mol. The Bertz CT molecular complexity index is 815. The molecule has 0 saturated heterocycles. The molecule has 0 amide bonds. The predicted octanol–water partition coefficient (Wildman–Crippen LogP) is 3.73. The van der Waals surface area contributed by atoms with E-state index < -0.39 is 5.97 Å². The fourth-order valence-corrected chi connectivity index (χ4v) is 2.60. The molecule has 3 aromatic rings. The van der Waals surface area contributed by atoms with E-state index in [9.17, 15) is 4.79 Å². The Balaban J connectivity index is 1.71. The molecule has 0 unspecified atom stereocenters. The van der Waals surface area contributed by atoms with E-state index in [0.717, 1.165) is 22.2 Å². The average molecular weight is 295 g/mol. The topological polar surface area (TPSA) is 51.5 Å². The molecule has 0 radical (unpaired) electrons. The van der Waals surface area contributed by atoms with Crippen LogP contribution < -0.4 is 4.74 Å². The Hall–Kier alpha value is -2.75. The second kappa shape index (κ2) is 5.93. The van der Waals surface area contributed by atoms with Gasteiger partial charge in [-0.1, -0.05) is 36.4 Å². The zero-order valence-corrected chi connectivity index (χ0v) is 12.3. The molecule has 0 aliphatic heterocycles. The van der Waals surface area contributed by atoms with Gasteiger partial charge in [0.25, 0.3) is 0 Å². The lowest BCUT2D eigenvalue weighted by atomic mass is 10.1. The van der Waals surface area contributed by atoms with Gasteiger partial charge in [-0.2, -0.15) is 0 Å². The SMILES string of the molecule is Cc1c(C(=O)O)ccn1CCOc1cccc2ccccc12. The number of ether oxygens (including phenoxy) is 1. The Kier molecular flexibility index (Phi) is 3.83. The van der Waals surface area contributed by atoms with Crippen LogP contribution in [0.15, 0.2) is 54.7 Å². The number of rotatable bonds is 5. The summed E-state index contributed by atoms with van der Waals surface area (Å²) in [5.74, 6) is -0.0485. The highest BCUT2D eigenvalue weighted by atomic mass is 16.5. The van der Waals surface area contributed by atoms with Crippen LogP contribution in [0.2, 0.25) is 0 Å². The summed E-state index contributed by atoms with van der Waals surface area (Å²) in [4.78, 5) is 11.0. The molecule has 4 heteroatoms. The first-order chi connectivity index (χ1) is 10.7. The lowest BCUT2D eigenvalue weighted by Crippen LogP contribution is -2.10. The van der Waals surface area contributed by atoms with Gasteiger partial charge in [0.1, 0.15) is 12.4 Å². The third kappa shape index (κ3) is 2.68. The van der Waals surface area contributed by atoms with Crippen molar-refractivity contribution in [3.63, 3.8) is 0 Å². The Morgan fingerprint density at radius 2 is 1.91 bits per heavy atom. The van der Waals surface area contributed by atoms with Gasteiger partial charge in [0.2, 0.25) is 0 Å². The standard InChI is InChI=1S/C18H17NO3/c1-13-15(18(20)21)9-10-19(13)11-12-22-17-8-4-6-14-5-2-3-7-16(14)17/h2-10H,11-12H2,1H3,(H,20,21). The number of nitrogens with zero attached hydrogens (tertiary/aromatic N) is 1. The lowest BCUT2D eigenvalue weighted by Gasteiger charge is -2.11. The number of carbonyl (C=O) groups is 1. The van der Waals surface area contributed by atoms with Crippen molar-refractivity contribution >= 4 is 16.7 Å². The highest BCUT2D eigenvalue weighted by molar-refractivity contribution is 5.89. The summed E-state index contributed by atoms with van der Waals surface area (Å²) in [6.07, 6.45) is 1.78. The van der Waals surface area contributed by atoms with Crippen molar-refractivity contribution in [2.24, 2.45) is 0 Å². The zero-order valence-electron chi connectivity index (χ0n) is 12.3. The summed E-state index contributed by atoms with van der Waals surface area (Å²) in [6, 6.07) is 15.7. The summed E-state index contributed by atoms with van der Waals surface area (Å²) in [7, 11) is 0. The predicted molar refractivity (Wildman–Crippen MR) is 85.6 cm³/mol. The Morgan fingerprint density at radius 3 is 2.68 bits per heavy atom. The highest BCUT2D eigenvalue weighted by Crippen LogP contribution is 2.25. The monoisotopic (exact) mass is 295 g/mol. The number of aromatic carboxylic acids is 1. The van der Waals surface area contributed by atoms with Gasteiger partial charge in [-0.15, -0.1) is 0 Å². The molecule has 1 heterocycles. The molecule has 3 rings (SSSR count). The minimum absolute atomic E-state index is 0.338. The van der Waals surface area contributed by atoms with Crippen LogP contribution in [0.4, 0.5) is 0 Å². The van der Waals surface area contributed by atoms with E-state index >= 15 is 0 Å². The molecule has 0 atom stereocenters. The van der Waals surface area contributed by atoms with Crippen molar-refractivity contribution < 1.29 is 14.6 Å². The van der Waals surface area contributed by atoms with Crippen LogP contribution in [-0.4, -0.2) is 22.2 Å². The third-order valence-corrected chi connectivity index (χ3v) is 3.81. The van der Waals surface area contributed by atoms with Gasteiger partial charge < -0.3 is 14.4 Å². The number of hydrogen-bond acceptors (Lipinski definition) is 2. The van der Waals surface area contributed by atoms with Crippen LogP contribution in [0.5, 0.6) is 5.75 Å². The molecule has 0 saturated carbocycles. The zero-order chi connectivity index (χ0) is 15.5. The summed E-state index contributed by atoms with van der Waals surface area (Å²) in [5, 5.41) is 11.3. The van der Waals surface area contributed by atoms with E-state index in [1.165, 1.54) is 0 Å². The quantitative estimate of drug-likeness (QED) is 0.780. The van der Waals surface area contributed by atoms with Crippen molar-refractivity contribution in [1.29, 1.82) is 0 Å². The van der Waals surface area contributed by atoms with Crippen LogP contribution in [0.25, 0.3) is 10.8 Å². The van der Waals surface area contributed by atoms with Crippen LogP contribution in [0.1, 0.15) is 16.1 Å². The molecule has 112 valence electrons. The molecule has 1 N–H and O–H groups in total. The fourth-order valence-electron chi connectivity index (χ4n) is 2.60. The third-order valence-electron chi connectivity index (χ3n) is 3.81. The second-order valence-electron chi connectivity index (χ2n) is 5.14. The molecule has 0 bridgehead atoms. The molecular formula is C18H17NO3. The van der Waals surface area contributed by atoms with Crippen LogP contribution in [0.3, 0.4) is 0 Å². The van der Waals surface area contributed by atoms with Gasteiger partial charge in [0.15, 0.2) is 0 Å². The maximum Gasteiger partial charge on any atom is 0.337 e. The van der Waals surface area contributed by atoms with E-state index in [1.54, 1.807) is 19.2 Å². The maximum absolute atomic E-state index is 11.0. The number of fused-ring (bicyclic) bond motifs is 1. The first kappa shape index (κ1) is 14.2. The summed E-state index contributed by atoms with van der Waals surface area (Å²) in [6.45, 7) is 2.91. The summed E-state index contributed by atoms with van der Waals surface area (Å²) >= 11 is 0. The molecule has 0 fully saturated rings. The molecule has 22 heavy (non-hydrogen) atoms. The van der Waals surface area contributed by atoms with E-state index in [4.69, 9.17) is 9.84 Å². The normalized spacial score (nSPS) is 10.8. The number of aromatic nitrogens is 1. The largest absolute Gasteiger partial charge is 0.491 e. The lowest BCUT2D eigenvalue weighted by molar-refractivity contribution is 0.0696. The molecule has 0 aliphatic rings. The van der Waals surface area contributed by atoms with Gasteiger partial charge >= 0.3 is 5.97 Å². The Morgan fingerprint density at radius 1 is 1.14 bits per heavy atom. The van der Waals surface area contributed by atoms with Gasteiger partial charge in [0, 0.05) is 17.3 Å². The number of carboxylic acid groups (broad SMARTS) is 1. The maximum atomic E-state index is 11.0. The van der Waals surface area contributed by atoms with E-state index in [-0.39, 0.29) is 0 Å². The first-order valence-corrected chi connectivity index (χ1v) is 7.16. The first-order valence-electron chi connectivity index (χ1n) is 7.16. The fraction of sp³-hybridized carbons (Fsp3) is 0.167. The van der Waals surface area contributed by atoms with E-state index in [1.807, 2.05) is 34.9 Å². The number of carboxylic acids is 1. The van der Waals surface area contributed by atoms with Crippen LogP contribution >= 0.6 is 0 Å². The smallest absolute Gasteiger partial charge is 0.337 e. The van der Waals surface area contributed by atoms with Crippen LogP contribution in [-0.2, 0) is 6.54 Å². The van der Waals surface area contributed by atoms with Crippen molar-refractivity contribution in [2.45, 2.75) is 13.5 Å². The van der Waals surface area contributed by atoms with Gasteiger partial charge in [-0.25, -0.2) is 4.79 Å². The number of hydrogen-bond donors (Lipinski definition) is 1. The highest BCUT2D eigenvalue weighted by Gasteiger charge is 2.11. The van der Waals surface area contributed by atoms with Crippen molar-refractivity contribution in [2.75, 3.05) is 6.61 Å². The van der Waals surface area contributed by atoms with E-state index in [0.29, 0.717) is 18.7 Å². The van der Waals surface area contributed by atoms with Gasteiger partial charge in [-0.05, 0) is 24.4 Å². The molecule has 0 spiro atoms.